The molecule has 0 aliphatic carbocycles. The van der Waals surface area contributed by atoms with Crippen LogP contribution in [0.15, 0.2) is 83.2 Å². The van der Waals surface area contributed by atoms with Crippen molar-refractivity contribution in [2.75, 3.05) is 0 Å². The number of rotatable bonds is 3. The zero-order valence-electron chi connectivity index (χ0n) is 13.0. The highest BCUT2D eigenvalue weighted by Crippen LogP contribution is 2.33. The summed E-state index contributed by atoms with van der Waals surface area (Å²) in [5, 5.41) is 8.88. The van der Waals surface area contributed by atoms with Crippen molar-refractivity contribution in [1.29, 1.82) is 0 Å². The number of imidazole rings is 1. The lowest BCUT2D eigenvalue weighted by Crippen LogP contribution is -1.83. The first kappa shape index (κ1) is 15.5. The first-order valence-corrected chi connectivity index (χ1v) is 7.99. The van der Waals surface area contributed by atoms with Gasteiger partial charge in [0.15, 0.2) is 11.6 Å². The van der Waals surface area contributed by atoms with Gasteiger partial charge in [0.25, 0.3) is 0 Å². The topological polar surface area (TPSA) is 42.0 Å². The Morgan fingerprint density at radius 3 is 2.44 bits per heavy atom. The van der Waals surface area contributed by atoms with Crippen LogP contribution in [0, 0.1) is 5.82 Å². The van der Waals surface area contributed by atoms with Gasteiger partial charge in [-0.15, -0.1) is 10.2 Å². The highest BCUT2D eigenvalue weighted by atomic mass is 35.5. The van der Waals surface area contributed by atoms with Crippen LogP contribution in [0.2, 0.25) is 5.02 Å². The molecule has 4 nitrogen and oxygen atoms in total. The Morgan fingerprint density at radius 1 is 0.880 bits per heavy atom. The fraction of sp³-hybridized carbons (Fsp3) is 0. The lowest BCUT2D eigenvalue weighted by atomic mass is 10.1. The van der Waals surface area contributed by atoms with E-state index in [2.05, 4.69) is 15.2 Å². The second-order valence-electron chi connectivity index (χ2n) is 5.38. The standard InChI is InChI=1S/C19H12ClFN4/c20-14-10-11-17-22-18(13-6-2-1-3-7-13)19(25(17)12-14)24-23-16-9-5-4-8-15(16)21/h1-12H. The molecule has 0 unspecified atom stereocenters. The van der Waals surface area contributed by atoms with Crippen LogP contribution in [0.4, 0.5) is 15.9 Å². The maximum atomic E-state index is 13.8. The molecule has 0 amide bonds. The number of benzene rings is 2. The number of azo groups is 1. The molecular weight excluding hydrogens is 339 g/mol. The van der Waals surface area contributed by atoms with Gasteiger partial charge in [0.2, 0.25) is 0 Å². The van der Waals surface area contributed by atoms with E-state index in [1.165, 1.54) is 6.07 Å². The Balaban J connectivity index is 1.91. The minimum absolute atomic E-state index is 0.165. The second kappa shape index (κ2) is 6.45. The number of pyridine rings is 1. The second-order valence-corrected chi connectivity index (χ2v) is 5.81. The van der Waals surface area contributed by atoms with Crippen LogP contribution in [-0.2, 0) is 0 Å². The number of halogens is 2. The van der Waals surface area contributed by atoms with E-state index in [-0.39, 0.29) is 5.69 Å². The lowest BCUT2D eigenvalue weighted by Gasteiger charge is -2.00. The molecule has 0 radical (unpaired) electrons. The number of hydrogen-bond donors (Lipinski definition) is 0. The van der Waals surface area contributed by atoms with Crippen LogP contribution in [0.5, 0.6) is 0 Å². The van der Waals surface area contributed by atoms with E-state index in [9.17, 15) is 4.39 Å². The van der Waals surface area contributed by atoms with E-state index < -0.39 is 5.82 Å². The summed E-state index contributed by atoms with van der Waals surface area (Å²) in [4.78, 5) is 4.62. The molecule has 25 heavy (non-hydrogen) atoms. The van der Waals surface area contributed by atoms with Gasteiger partial charge >= 0.3 is 0 Å². The van der Waals surface area contributed by atoms with E-state index in [1.807, 2.05) is 30.3 Å². The van der Waals surface area contributed by atoms with E-state index in [4.69, 9.17) is 11.6 Å². The summed E-state index contributed by atoms with van der Waals surface area (Å²) in [5.41, 5.74) is 2.40. The molecule has 2 aromatic heterocycles. The van der Waals surface area contributed by atoms with Crippen molar-refractivity contribution in [1.82, 2.24) is 9.38 Å². The molecule has 0 aliphatic heterocycles. The molecule has 0 atom stereocenters. The minimum Gasteiger partial charge on any atom is -0.281 e. The van der Waals surface area contributed by atoms with E-state index >= 15 is 0 Å². The molecule has 0 spiro atoms. The molecule has 0 saturated carbocycles. The third-order valence-corrected chi connectivity index (χ3v) is 3.93. The maximum absolute atomic E-state index is 13.8. The van der Waals surface area contributed by atoms with Gasteiger partial charge in [-0.3, -0.25) is 4.40 Å². The number of hydrogen-bond acceptors (Lipinski definition) is 3. The third-order valence-electron chi connectivity index (χ3n) is 3.71. The molecular formula is C19H12ClFN4. The summed E-state index contributed by atoms with van der Waals surface area (Å²) in [7, 11) is 0. The third kappa shape index (κ3) is 3.02. The maximum Gasteiger partial charge on any atom is 0.187 e. The van der Waals surface area contributed by atoms with Crippen molar-refractivity contribution in [3.05, 3.63) is 83.8 Å². The largest absolute Gasteiger partial charge is 0.281 e. The fourth-order valence-electron chi connectivity index (χ4n) is 2.53. The summed E-state index contributed by atoms with van der Waals surface area (Å²) in [6, 6.07) is 19.4. The van der Waals surface area contributed by atoms with E-state index in [1.54, 1.807) is 40.9 Å². The predicted octanol–water partition coefficient (Wildman–Crippen LogP) is 6.21. The monoisotopic (exact) mass is 350 g/mol. The SMILES string of the molecule is Fc1ccccc1N=Nc1c(-c2ccccc2)nc2ccc(Cl)cn12. The van der Waals surface area contributed by atoms with Crippen molar-refractivity contribution in [3.63, 3.8) is 0 Å². The molecule has 0 saturated heterocycles. The van der Waals surface area contributed by atoms with E-state index in [0.717, 1.165) is 5.56 Å². The minimum atomic E-state index is -0.431. The Kier molecular flexibility index (Phi) is 3.99. The molecule has 122 valence electrons. The molecule has 4 rings (SSSR count). The van der Waals surface area contributed by atoms with E-state index in [0.29, 0.717) is 22.2 Å². The van der Waals surface area contributed by atoms with Gasteiger partial charge < -0.3 is 0 Å². The Bertz CT molecular complexity index is 1070. The number of nitrogens with zero attached hydrogens (tertiary/aromatic N) is 4. The van der Waals surface area contributed by atoms with Crippen LogP contribution < -0.4 is 0 Å². The van der Waals surface area contributed by atoms with Gasteiger partial charge in [0, 0.05) is 11.8 Å². The van der Waals surface area contributed by atoms with Crippen molar-refractivity contribution < 1.29 is 4.39 Å². The van der Waals surface area contributed by atoms with Crippen molar-refractivity contribution in [2.45, 2.75) is 0 Å². The molecule has 2 aromatic carbocycles. The Morgan fingerprint density at radius 2 is 1.64 bits per heavy atom. The Hall–Kier alpha value is -3.05. The van der Waals surface area contributed by atoms with Gasteiger partial charge in [-0.2, -0.15) is 0 Å². The van der Waals surface area contributed by atoms with Gasteiger partial charge in [0.05, 0.1) is 5.02 Å². The highest BCUT2D eigenvalue weighted by molar-refractivity contribution is 6.30. The average Bonchev–Trinajstić information content (AvgIpc) is 2.99. The highest BCUT2D eigenvalue weighted by Gasteiger charge is 2.14. The lowest BCUT2D eigenvalue weighted by molar-refractivity contribution is 0.628. The Labute approximate surface area is 148 Å². The van der Waals surface area contributed by atoms with Gasteiger partial charge in [-0.25, -0.2) is 9.37 Å². The van der Waals surface area contributed by atoms with Crippen LogP contribution >= 0.6 is 11.6 Å². The molecule has 4 aromatic rings. The van der Waals surface area contributed by atoms with Crippen molar-refractivity contribution in [2.24, 2.45) is 10.2 Å². The zero-order valence-corrected chi connectivity index (χ0v) is 13.7. The number of fused-ring (bicyclic) bond motifs is 1. The van der Waals surface area contributed by atoms with Gasteiger partial charge in [0.1, 0.15) is 17.0 Å². The van der Waals surface area contributed by atoms with Crippen molar-refractivity contribution >= 4 is 28.8 Å². The van der Waals surface area contributed by atoms with Crippen LogP contribution in [0.25, 0.3) is 16.9 Å². The molecule has 0 N–H and O–H groups in total. The van der Waals surface area contributed by atoms with Crippen molar-refractivity contribution in [3.8, 4) is 11.3 Å². The average molecular weight is 351 g/mol. The number of aromatic nitrogens is 2. The van der Waals surface area contributed by atoms with Gasteiger partial charge in [-0.1, -0.05) is 54.1 Å². The molecule has 6 heteroatoms. The molecule has 2 heterocycles. The normalized spacial score (nSPS) is 11.4. The summed E-state index contributed by atoms with van der Waals surface area (Å²) in [5.74, 6) is 0.0614. The summed E-state index contributed by atoms with van der Waals surface area (Å²) in [6.07, 6.45) is 1.71. The molecule has 0 bridgehead atoms. The van der Waals surface area contributed by atoms with Gasteiger partial charge in [-0.05, 0) is 24.3 Å². The van der Waals surface area contributed by atoms with Crippen LogP contribution in [0.1, 0.15) is 0 Å². The quantitative estimate of drug-likeness (QED) is 0.405. The molecule has 0 aliphatic rings. The first-order chi connectivity index (χ1) is 12.2. The fourth-order valence-corrected chi connectivity index (χ4v) is 2.69. The van der Waals surface area contributed by atoms with Crippen LogP contribution in [0.3, 0.4) is 0 Å². The first-order valence-electron chi connectivity index (χ1n) is 7.62. The predicted molar refractivity (Wildman–Crippen MR) is 96.2 cm³/mol. The summed E-state index contributed by atoms with van der Waals surface area (Å²) >= 11 is 6.11. The summed E-state index contributed by atoms with van der Waals surface area (Å²) < 4.78 is 15.6. The molecule has 0 fully saturated rings. The smallest absolute Gasteiger partial charge is 0.187 e. The summed E-state index contributed by atoms with van der Waals surface area (Å²) in [6.45, 7) is 0. The zero-order chi connectivity index (χ0) is 17.2. The van der Waals surface area contributed by atoms with Crippen LogP contribution in [-0.4, -0.2) is 9.38 Å².